The van der Waals surface area contributed by atoms with Crippen molar-refractivity contribution in [3.8, 4) is 23.8 Å². The fraction of sp³-hybridized carbons (Fsp3) is 0.333. The van der Waals surface area contributed by atoms with Crippen molar-refractivity contribution in [1.29, 1.82) is 0 Å². The van der Waals surface area contributed by atoms with Crippen molar-refractivity contribution in [2.24, 2.45) is 0 Å². The Morgan fingerprint density at radius 1 is 1.27 bits per heavy atom. The monoisotopic (exact) mass is 268 g/mol. The van der Waals surface area contributed by atoms with Gasteiger partial charge in [0.2, 0.25) is 0 Å². The second-order valence-corrected chi connectivity index (χ2v) is 3.91. The molecule has 0 fully saturated rings. The van der Waals surface area contributed by atoms with E-state index in [1.807, 2.05) is 12.1 Å². The van der Waals surface area contributed by atoms with Gasteiger partial charge < -0.3 is 9.47 Å². The molecule has 0 aliphatic rings. The van der Waals surface area contributed by atoms with Gasteiger partial charge in [0.25, 0.3) is 0 Å². The molecule has 1 aromatic rings. The van der Waals surface area contributed by atoms with Gasteiger partial charge in [-0.1, -0.05) is 15.9 Å². The van der Waals surface area contributed by atoms with E-state index in [1.54, 1.807) is 14.2 Å². The third-order valence-electron chi connectivity index (χ3n) is 2.09. The number of hydrogen-bond acceptors (Lipinski definition) is 2. The van der Waals surface area contributed by atoms with Crippen LogP contribution in [0.25, 0.3) is 0 Å². The van der Waals surface area contributed by atoms with E-state index in [-0.39, 0.29) is 0 Å². The Labute approximate surface area is 98.7 Å². The lowest BCUT2D eigenvalue weighted by atomic mass is 10.1. The highest BCUT2D eigenvalue weighted by Crippen LogP contribution is 2.33. The van der Waals surface area contributed by atoms with Gasteiger partial charge in [-0.05, 0) is 18.6 Å². The van der Waals surface area contributed by atoms with E-state index in [0.717, 1.165) is 28.0 Å². The average Bonchev–Trinajstić information content (AvgIpc) is 2.26. The summed E-state index contributed by atoms with van der Waals surface area (Å²) in [6, 6.07) is 3.82. The molecule has 3 heteroatoms. The zero-order valence-electron chi connectivity index (χ0n) is 8.84. The van der Waals surface area contributed by atoms with E-state index in [0.29, 0.717) is 6.42 Å². The van der Waals surface area contributed by atoms with Crippen LogP contribution in [0.1, 0.15) is 12.0 Å². The van der Waals surface area contributed by atoms with Crippen molar-refractivity contribution in [1.82, 2.24) is 0 Å². The summed E-state index contributed by atoms with van der Waals surface area (Å²) in [6.07, 6.45) is 6.68. The van der Waals surface area contributed by atoms with Gasteiger partial charge >= 0.3 is 0 Å². The van der Waals surface area contributed by atoms with Gasteiger partial charge in [0.15, 0.2) is 0 Å². The molecule has 0 bridgehead atoms. The predicted molar refractivity (Wildman–Crippen MR) is 64.4 cm³/mol. The van der Waals surface area contributed by atoms with E-state index in [1.165, 1.54) is 0 Å². The Morgan fingerprint density at radius 3 is 2.20 bits per heavy atom. The molecule has 15 heavy (non-hydrogen) atoms. The van der Waals surface area contributed by atoms with Crippen LogP contribution in [0.4, 0.5) is 0 Å². The highest BCUT2D eigenvalue weighted by molar-refractivity contribution is 9.10. The highest BCUT2D eigenvalue weighted by Gasteiger charge is 2.10. The van der Waals surface area contributed by atoms with Gasteiger partial charge in [0, 0.05) is 16.5 Å². The van der Waals surface area contributed by atoms with Crippen LogP contribution >= 0.6 is 15.9 Å². The normalized spacial score (nSPS) is 9.47. The van der Waals surface area contributed by atoms with Gasteiger partial charge in [0.05, 0.1) is 14.2 Å². The Hall–Kier alpha value is -1.14. The number of benzene rings is 1. The van der Waals surface area contributed by atoms with Gasteiger partial charge in [-0.15, -0.1) is 12.3 Å². The molecule has 0 heterocycles. The maximum Gasteiger partial charge on any atom is 0.126 e. The molecule has 0 spiro atoms. The van der Waals surface area contributed by atoms with Gasteiger partial charge in [0.1, 0.15) is 11.5 Å². The summed E-state index contributed by atoms with van der Waals surface area (Å²) in [5.74, 6) is 4.22. The van der Waals surface area contributed by atoms with Crippen LogP contribution < -0.4 is 9.47 Å². The van der Waals surface area contributed by atoms with Crippen molar-refractivity contribution in [2.45, 2.75) is 12.8 Å². The highest BCUT2D eigenvalue weighted by atomic mass is 79.9. The maximum atomic E-state index is 5.29. The van der Waals surface area contributed by atoms with Crippen molar-refractivity contribution < 1.29 is 9.47 Å². The third-order valence-corrected chi connectivity index (χ3v) is 2.55. The molecule has 0 aromatic heterocycles. The van der Waals surface area contributed by atoms with Crippen LogP contribution in [0.2, 0.25) is 0 Å². The molecule has 0 aliphatic heterocycles. The molecule has 0 saturated heterocycles. The molecule has 0 N–H and O–H groups in total. The van der Waals surface area contributed by atoms with Crippen LogP contribution in [-0.4, -0.2) is 14.2 Å². The van der Waals surface area contributed by atoms with E-state index >= 15 is 0 Å². The zero-order chi connectivity index (χ0) is 11.3. The van der Waals surface area contributed by atoms with Gasteiger partial charge in [-0.25, -0.2) is 0 Å². The van der Waals surface area contributed by atoms with Crippen LogP contribution in [0, 0.1) is 12.3 Å². The summed E-state index contributed by atoms with van der Waals surface area (Å²) in [5.41, 5.74) is 1.01. The van der Waals surface area contributed by atoms with Crippen LogP contribution in [0.5, 0.6) is 11.5 Å². The Kier molecular flexibility index (Phi) is 4.51. The standard InChI is InChI=1S/C12H13BrO2/c1-4-5-6-10-11(14-2)7-9(13)8-12(10)15-3/h1,7-8H,5-6H2,2-3H3. The fourth-order valence-corrected chi connectivity index (χ4v) is 1.81. The number of halogens is 1. The summed E-state index contributed by atoms with van der Waals surface area (Å²) >= 11 is 3.40. The molecule has 1 aromatic carbocycles. The van der Waals surface area contributed by atoms with E-state index in [9.17, 15) is 0 Å². The first-order chi connectivity index (χ1) is 7.22. The first kappa shape index (κ1) is 11.9. The van der Waals surface area contributed by atoms with Crippen molar-refractivity contribution in [3.05, 3.63) is 22.2 Å². The second-order valence-electron chi connectivity index (χ2n) is 2.99. The number of methoxy groups -OCH3 is 2. The number of terminal acetylenes is 1. The predicted octanol–water partition coefficient (Wildman–Crippen LogP) is 3.03. The summed E-state index contributed by atoms with van der Waals surface area (Å²) in [7, 11) is 3.28. The number of rotatable bonds is 4. The smallest absolute Gasteiger partial charge is 0.126 e. The molecule has 2 nitrogen and oxygen atoms in total. The Bertz CT molecular complexity index is 355. The molecule has 0 aliphatic carbocycles. The minimum atomic E-state index is 0.675. The summed E-state index contributed by atoms with van der Waals surface area (Å²) < 4.78 is 11.5. The first-order valence-corrected chi connectivity index (χ1v) is 5.36. The lowest BCUT2D eigenvalue weighted by molar-refractivity contribution is 0.385. The SMILES string of the molecule is C#CCCc1c(OC)cc(Br)cc1OC. The molecule has 0 radical (unpaired) electrons. The van der Waals surface area contributed by atoms with Crippen molar-refractivity contribution in [2.75, 3.05) is 14.2 Å². The average molecular weight is 269 g/mol. The minimum Gasteiger partial charge on any atom is -0.496 e. The molecule has 0 amide bonds. The zero-order valence-corrected chi connectivity index (χ0v) is 10.4. The molecular formula is C12H13BrO2. The van der Waals surface area contributed by atoms with Crippen LogP contribution in [0.3, 0.4) is 0 Å². The molecule has 1 rings (SSSR count). The molecule has 0 unspecified atom stereocenters. The molecule has 0 atom stereocenters. The quantitative estimate of drug-likeness (QED) is 0.782. The molecular weight excluding hydrogens is 256 g/mol. The maximum absolute atomic E-state index is 5.29. The fourth-order valence-electron chi connectivity index (χ4n) is 1.40. The van der Waals surface area contributed by atoms with Crippen molar-refractivity contribution in [3.63, 3.8) is 0 Å². The topological polar surface area (TPSA) is 18.5 Å². The van der Waals surface area contributed by atoms with Crippen LogP contribution in [-0.2, 0) is 6.42 Å². The largest absolute Gasteiger partial charge is 0.496 e. The lowest BCUT2D eigenvalue weighted by Crippen LogP contribution is -1.97. The third kappa shape index (κ3) is 2.90. The van der Waals surface area contributed by atoms with E-state index < -0.39 is 0 Å². The Balaban J connectivity index is 3.13. The molecule has 80 valence electrons. The van der Waals surface area contributed by atoms with Crippen molar-refractivity contribution >= 4 is 15.9 Å². The summed E-state index contributed by atoms with van der Waals surface area (Å²) in [5, 5.41) is 0. The van der Waals surface area contributed by atoms with Crippen LogP contribution in [0.15, 0.2) is 16.6 Å². The molecule has 0 saturated carbocycles. The lowest BCUT2D eigenvalue weighted by Gasteiger charge is -2.12. The minimum absolute atomic E-state index is 0.675. The van der Waals surface area contributed by atoms with E-state index in [2.05, 4.69) is 21.9 Å². The van der Waals surface area contributed by atoms with Gasteiger partial charge in [-0.3, -0.25) is 0 Å². The first-order valence-electron chi connectivity index (χ1n) is 4.56. The second kappa shape index (κ2) is 5.67. The van der Waals surface area contributed by atoms with E-state index in [4.69, 9.17) is 15.9 Å². The number of ether oxygens (including phenoxy) is 2. The summed E-state index contributed by atoms with van der Waals surface area (Å²) in [4.78, 5) is 0. The Morgan fingerprint density at radius 2 is 1.80 bits per heavy atom. The van der Waals surface area contributed by atoms with Gasteiger partial charge in [-0.2, -0.15) is 0 Å². The number of hydrogen-bond donors (Lipinski definition) is 0. The summed E-state index contributed by atoms with van der Waals surface area (Å²) in [6.45, 7) is 0.